The minimum Gasteiger partial charge on any atom is -0.324 e. The molecule has 0 fully saturated rings. The number of hydrogen-bond donors (Lipinski definition) is 2. The van der Waals surface area contributed by atoms with Crippen LogP contribution in [-0.2, 0) is 4.79 Å². The van der Waals surface area contributed by atoms with Crippen molar-refractivity contribution < 1.29 is 9.59 Å². The molecule has 28 heavy (non-hydrogen) atoms. The third-order valence-electron chi connectivity index (χ3n) is 4.26. The normalized spacial score (nSPS) is 11.6. The number of carbonyl (C=O) groups excluding carboxylic acids is 2. The van der Waals surface area contributed by atoms with Crippen molar-refractivity contribution in [3.05, 3.63) is 78.4 Å². The molecule has 3 rings (SSSR count). The summed E-state index contributed by atoms with van der Waals surface area (Å²) in [7, 11) is 0. The lowest BCUT2D eigenvalue weighted by Crippen LogP contribution is -2.41. The molecule has 3 N–H and O–H groups in total. The van der Waals surface area contributed by atoms with E-state index in [1.165, 1.54) is 9.80 Å². The fraction of sp³-hybridized carbons (Fsp3) is 0.200. The summed E-state index contributed by atoms with van der Waals surface area (Å²) in [5, 5.41) is 8.41. The van der Waals surface area contributed by atoms with Crippen molar-refractivity contribution in [3.8, 4) is 0 Å². The van der Waals surface area contributed by atoms with Crippen LogP contribution >= 0.6 is 0 Å². The SMILES string of the molecule is CCN(C(=O)CC(N)c1ccc(C(=O)Nc2ccncc2)cc1)n1cccn1. The summed E-state index contributed by atoms with van der Waals surface area (Å²) in [6, 6.07) is 11.6. The summed E-state index contributed by atoms with van der Waals surface area (Å²) in [6.07, 6.45) is 6.68. The van der Waals surface area contributed by atoms with Crippen LogP contribution in [-0.4, -0.2) is 33.2 Å². The highest BCUT2D eigenvalue weighted by Gasteiger charge is 2.19. The molecule has 1 atom stereocenters. The number of benzene rings is 1. The number of nitrogens with zero attached hydrogens (tertiary/aromatic N) is 4. The summed E-state index contributed by atoms with van der Waals surface area (Å²) >= 11 is 0. The number of aromatic nitrogens is 3. The third-order valence-corrected chi connectivity index (χ3v) is 4.26. The second kappa shape index (κ2) is 8.92. The Labute approximate surface area is 163 Å². The first kappa shape index (κ1) is 19.2. The van der Waals surface area contributed by atoms with Gasteiger partial charge in [-0.25, -0.2) is 5.01 Å². The minimum absolute atomic E-state index is 0.127. The molecule has 0 aliphatic carbocycles. The zero-order valence-electron chi connectivity index (χ0n) is 15.5. The van der Waals surface area contributed by atoms with Crippen LogP contribution in [0.2, 0.25) is 0 Å². The fourth-order valence-electron chi connectivity index (χ4n) is 2.77. The Hall–Kier alpha value is -3.52. The van der Waals surface area contributed by atoms with E-state index in [9.17, 15) is 9.59 Å². The van der Waals surface area contributed by atoms with E-state index < -0.39 is 6.04 Å². The van der Waals surface area contributed by atoms with E-state index in [2.05, 4.69) is 15.4 Å². The van der Waals surface area contributed by atoms with Crippen molar-refractivity contribution in [3.63, 3.8) is 0 Å². The second-order valence-corrected chi connectivity index (χ2v) is 6.16. The number of pyridine rings is 1. The zero-order chi connectivity index (χ0) is 19.9. The summed E-state index contributed by atoms with van der Waals surface area (Å²) < 4.78 is 0. The molecule has 2 amide bonds. The molecule has 144 valence electrons. The highest BCUT2D eigenvalue weighted by Crippen LogP contribution is 2.17. The Morgan fingerprint density at radius 1 is 1.14 bits per heavy atom. The van der Waals surface area contributed by atoms with Crippen LogP contribution in [0.4, 0.5) is 5.69 Å². The molecular weight excluding hydrogens is 356 g/mol. The van der Waals surface area contributed by atoms with Gasteiger partial charge in [-0.1, -0.05) is 12.1 Å². The van der Waals surface area contributed by atoms with Gasteiger partial charge in [0.05, 0.1) is 6.20 Å². The van der Waals surface area contributed by atoms with Gasteiger partial charge in [-0.2, -0.15) is 9.89 Å². The number of carbonyl (C=O) groups is 2. The fourth-order valence-corrected chi connectivity index (χ4v) is 2.77. The number of nitrogens with two attached hydrogens (primary N) is 1. The van der Waals surface area contributed by atoms with E-state index in [0.29, 0.717) is 17.8 Å². The van der Waals surface area contributed by atoms with Crippen molar-refractivity contribution in [2.24, 2.45) is 5.73 Å². The lowest BCUT2D eigenvalue weighted by Gasteiger charge is -2.22. The highest BCUT2D eigenvalue weighted by molar-refractivity contribution is 6.04. The van der Waals surface area contributed by atoms with Crippen molar-refractivity contribution in [1.29, 1.82) is 0 Å². The average Bonchev–Trinajstić information content (AvgIpc) is 3.23. The van der Waals surface area contributed by atoms with E-state index in [0.717, 1.165) is 5.56 Å². The Bertz CT molecular complexity index is 910. The molecule has 0 saturated heterocycles. The van der Waals surface area contributed by atoms with E-state index in [1.807, 2.05) is 6.92 Å². The number of anilines is 1. The maximum Gasteiger partial charge on any atom is 0.255 e. The molecule has 0 radical (unpaired) electrons. The molecule has 1 aromatic carbocycles. The molecule has 0 aliphatic rings. The molecule has 0 spiro atoms. The molecule has 0 bridgehead atoms. The Morgan fingerprint density at radius 2 is 1.86 bits per heavy atom. The molecule has 2 heterocycles. The maximum absolute atomic E-state index is 12.6. The smallest absolute Gasteiger partial charge is 0.255 e. The highest BCUT2D eigenvalue weighted by atomic mass is 16.2. The van der Waals surface area contributed by atoms with Crippen LogP contribution in [0.1, 0.15) is 35.3 Å². The molecule has 8 heteroatoms. The molecule has 1 unspecified atom stereocenters. The van der Waals surface area contributed by atoms with Crippen molar-refractivity contribution >= 4 is 17.5 Å². The van der Waals surface area contributed by atoms with Crippen LogP contribution in [0.15, 0.2) is 67.3 Å². The predicted octanol–water partition coefficient (Wildman–Crippen LogP) is 2.10. The first-order chi connectivity index (χ1) is 13.6. The average molecular weight is 378 g/mol. The summed E-state index contributed by atoms with van der Waals surface area (Å²) in [6.45, 7) is 2.36. The second-order valence-electron chi connectivity index (χ2n) is 6.16. The first-order valence-electron chi connectivity index (χ1n) is 8.95. The monoisotopic (exact) mass is 378 g/mol. The molecular formula is C20H22N6O2. The number of rotatable bonds is 7. The van der Waals surface area contributed by atoms with Crippen LogP contribution in [0.3, 0.4) is 0 Å². The van der Waals surface area contributed by atoms with Gasteiger partial charge >= 0.3 is 0 Å². The van der Waals surface area contributed by atoms with Crippen LogP contribution < -0.4 is 16.1 Å². The number of amides is 2. The summed E-state index contributed by atoms with van der Waals surface area (Å²) in [5.74, 6) is -0.351. The summed E-state index contributed by atoms with van der Waals surface area (Å²) in [5.41, 5.74) is 8.17. The van der Waals surface area contributed by atoms with Gasteiger partial charge in [-0.15, -0.1) is 0 Å². The lowest BCUT2D eigenvalue weighted by atomic mass is 10.0. The van der Waals surface area contributed by atoms with E-state index in [-0.39, 0.29) is 18.2 Å². The van der Waals surface area contributed by atoms with Gasteiger partial charge in [0.25, 0.3) is 5.91 Å². The van der Waals surface area contributed by atoms with Gasteiger partial charge < -0.3 is 11.1 Å². The topological polar surface area (TPSA) is 106 Å². The van der Waals surface area contributed by atoms with Crippen molar-refractivity contribution in [2.75, 3.05) is 16.9 Å². The predicted molar refractivity (Wildman–Crippen MR) is 106 cm³/mol. The molecule has 2 aromatic heterocycles. The van der Waals surface area contributed by atoms with Gasteiger partial charge in [-0.3, -0.25) is 14.6 Å². The Morgan fingerprint density at radius 3 is 2.46 bits per heavy atom. The molecule has 0 aliphatic heterocycles. The van der Waals surface area contributed by atoms with Gasteiger partial charge in [0, 0.05) is 48.8 Å². The Balaban J connectivity index is 1.62. The largest absolute Gasteiger partial charge is 0.324 e. The lowest BCUT2D eigenvalue weighted by molar-refractivity contribution is -0.120. The molecule has 8 nitrogen and oxygen atoms in total. The van der Waals surface area contributed by atoms with Gasteiger partial charge in [0.1, 0.15) is 0 Å². The standard InChI is InChI=1S/C20H22N6O2/c1-2-25(26-13-3-10-23-26)19(27)14-18(21)15-4-6-16(7-5-15)20(28)24-17-8-11-22-12-9-17/h3-13,18H,2,14,21H2,1H3,(H,22,24,28). The van der Waals surface area contributed by atoms with Crippen molar-refractivity contribution in [1.82, 2.24) is 14.9 Å². The minimum atomic E-state index is -0.477. The number of nitrogens with one attached hydrogen (secondary N) is 1. The third kappa shape index (κ3) is 4.60. The van der Waals surface area contributed by atoms with E-state index >= 15 is 0 Å². The van der Waals surface area contributed by atoms with E-state index in [4.69, 9.17) is 5.73 Å². The molecule has 0 saturated carbocycles. The van der Waals surface area contributed by atoms with E-state index in [1.54, 1.807) is 67.3 Å². The van der Waals surface area contributed by atoms with Crippen LogP contribution in [0, 0.1) is 0 Å². The van der Waals surface area contributed by atoms with Gasteiger partial charge in [0.15, 0.2) is 0 Å². The van der Waals surface area contributed by atoms with Crippen molar-refractivity contribution in [2.45, 2.75) is 19.4 Å². The quantitative estimate of drug-likeness (QED) is 0.655. The van der Waals surface area contributed by atoms with Gasteiger partial charge in [0.2, 0.25) is 5.91 Å². The maximum atomic E-state index is 12.6. The van der Waals surface area contributed by atoms with Crippen LogP contribution in [0.25, 0.3) is 0 Å². The zero-order valence-corrected chi connectivity index (χ0v) is 15.5. The Kier molecular flexibility index (Phi) is 6.13. The van der Waals surface area contributed by atoms with Crippen LogP contribution in [0.5, 0.6) is 0 Å². The first-order valence-corrected chi connectivity index (χ1v) is 8.95. The number of hydrogen-bond acceptors (Lipinski definition) is 5. The summed E-state index contributed by atoms with van der Waals surface area (Å²) in [4.78, 5) is 30.3. The molecule has 3 aromatic rings. The van der Waals surface area contributed by atoms with Gasteiger partial charge in [-0.05, 0) is 42.8 Å².